The van der Waals surface area contributed by atoms with Crippen molar-refractivity contribution in [3.63, 3.8) is 0 Å². The zero-order valence-corrected chi connectivity index (χ0v) is 12.9. The van der Waals surface area contributed by atoms with E-state index in [4.69, 9.17) is 0 Å². The van der Waals surface area contributed by atoms with E-state index in [1.54, 1.807) is 6.20 Å². The molecular weight excluding hydrogens is 282 g/mol. The molecule has 1 aromatic heterocycles. The van der Waals surface area contributed by atoms with Gasteiger partial charge in [0.1, 0.15) is 0 Å². The Kier molecular flexibility index (Phi) is 4.29. The Labute approximate surface area is 128 Å². The van der Waals surface area contributed by atoms with Crippen molar-refractivity contribution in [2.45, 2.75) is 42.8 Å². The first-order chi connectivity index (χ1) is 10.2. The van der Waals surface area contributed by atoms with E-state index >= 15 is 0 Å². The normalized spacial score (nSPS) is 15.3. The predicted octanol–water partition coefficient (Wildman–Crippen LogP) is 4.01. The fraction of sp³-hybridized carbons (Fsp3) is 0.375. The van der Waals surface area contributed by atoms with Crippen LogP contribution in [0.15, 0.2) is 35.4 Å². The Morgan fingerprint density at radius 2 is 2.10 bits per heavy atom. The number of benzene rings is 1. The fourth-order valence-corrected chi connectivity index (χ4v) is 3.96. The van der Waals surface area contributed by atoms with Crippen molar-refractivity contribution in [1.82, 2.24) is 10.2 Å². The van der Waals surface area contributed by atoms with Gasteiger partial charge in [-0.25, -0.2) is 0 Å². The van der Waals surface area contributed by atoms with Crippen LogP contribution in [-0.4, -0.2) is 21.4 Å². The summed E-state index contributed by atoms with van der Waals surface area (Å²) in [4.78, 5) is 13.5. The van der Waals surface area contributed by atoms with Crippen LogP contribution < -0.4 is 5.32 Å². The average Bonchev–Trinajstić information content (AvgIpc) is 3.12. The van der Waals surface area contributed by atoms with Gasteiger partial charge in [0.15, 0.2) is 0 Å². The van der Waals surface area contributed by atoms with Gasteiger partial charge in [-0.1, -0.05) is 25.0 Å². The number of aryl methyl sites for hydroxylation is 1. The second kappa shape index (κ2) is 6.35. The maximum absolute atomic E-state index is 12.3. The maximum atomic E-state index is 12.3. The number of thioether (sulfide) groups is 1. The van der Waals surface area contributed by atoms with E-state index in [1.807, 2.05) is 36.9 Å². The molecule has 21 heavy (non-hydrogen) atoms. The number of nitrogens with zero attached hydrogens (tertiary/aromatic N) is 1. The van der Waals surface area contributed by atoms with Crippen molar-refractivity contribution >= 4 is 23.4 Å². The number of rotatable bonds is 4. The minimum absolute atomic E-state index is 0.110. The zero-order valence-electron chi connectivity index (χ0n) is 12.1. The summed E-state index contributed by atoms with van der Waals surface area (Å²) in [7, 11) is 0. The highest BCUT2D eigenvalue weighted by atomic mass is 32.2. The fourth-order valence-electron chi connectivity index (χ4n) is 2.63. The highest BCUT2D eigenvalue weighted by Crippen LogP contribution is 2.38. The number of para-hydroxylation sites is 1. The summed E-state index contributed by atoms with van der Waals surface area (Å²) in [6.45, 7) is 1.85. The second-order valence-electron chi connectivity index (χ2n) is 5.38. The van der Waals surface area contributed by atoms with Crippen LogP contribution in [0.25, 0.3) is 0 Å². The van der Waals surface area contributed by atoms with E-state index < -0.39 is 0 Å². The number of nitrogens with one attached hydrogen (secondary N) is 2. The van der Waals surface area contributed by atoms with Gasteiger partial charge in [-0.2, -0.15) is 5.10 Å². The zero-order chi connectivity index (χ0) is 14.7. The number of aromatic amines is 1. The van der Waals surface area contributed by atoms with Crippen molar-refractivity contribution < 1.29 is 4.79 Å². The van der Waals surface area contributed by atoms with Gasteiger partial charge in [-0.05, 0) is 31.9 Å². The number of aromatic nitrogens is 2. The Bertz CT molecular complexity index is 632. The van der Waals surface area contributed by atoms with Crippen LogP contribution in [0.1, 0.15) is 41.7 Å². The number of carbonyl (C=O) groups is 1. The second-order valence-corrected chi connectivity index (χ2v) is 6.73. The number of carbonyl (C=O) groups excluding carboxylic acids is 1. The number of anilines is 1. The smallest absolute Gasteiger partial charge is 0.259 e. The molecule has 1 aliphatic rings. The number of H-pyrrole nitrogens is 1. The summed E-state index contributed by atoms with van der Waals surface area (Å²) in [5.41, 5.74) is 2.27. The molecule has 2 N–H and O–H groups in total. The van der Waals surface area contributed by atoms with Crippen LogP contribution in [-0.2, 0) is 0 Å². The first-order valence-corrected chi connectivity index (χ1v) is 8.19. The average molecular weight is 301 g/mol. The van der Waals surface area contributed by atoms with Gasteiger partial charge in [0.05, 0.1) is 17.4 Å². The molecule has 1 amide bonds. The van der Waals surface area contributed by atoms with E-state index in [0.717, 1.165) is 16.3 Å². The largest absolute Gasteiger partial charge is 0.321 e. The summed E-state index contributed by atoms with van der Waals surface area (Å²) in [6.07, 6.45) is 6.75. The molecule has 0 atom stereocenters. The molecule has 1 aliphatic carbocycles. The monoisotopic (exact) mass is 301 g/mol. The topological polar surface area (TPSA) is 57.8 Å². The molecule has 0 bridgehead atoms. The molecule has 1 heterocycles. The third-order valence-electron chi connectivity index (χ3n) is 3.81. The maximum Gasteiger partial charge on any atom is 0.259 e. The number of hydrogen-bond donors (Lipinski definition) is 2. The van der Waals surface area contributed by atoms with Crippen LogP contribution in [0, 0.1) is 6.92 Å². The van der Waals surface area contributed by atoms with Gasteiger partial charge in [0, 0.05) is 15.8 Å². The Balaban J connectivity index is 1.75. The molecule has 0 spiro atoms. The molecule has 110 valence electrons. The molecule has 0 radical (unpaired) electrons. The van der Waals surface area contributed by atoms with Gasteiger partial charge in [-0.15, -0.1) is 11.8 Å². The summed E-state index contributed by atoms with van der Waals surface area (Å²) in [6, 6.07) is 8.03. The van der Waals surface area contributed by atoms with Crippen molar-refractivity contribution in [3.8, 4) is 0 Å². The Morgan fingerprint density at radius 3 is 2.81 bits per heavy atom. The van der Waals surface area contributed by atoms with Crippen molar-refractivity contribution in [2.75, 3.05) is 5.32 Å². The summed E-state index contributed by atoms with van der Waals surface area (Å²) in [5, 5.41) is 10.4. The molecular formula is C16H19N3OS. The molecule has 4 nitrogen and oxygen atoms in total. The van der Waals surface area contributed by atoms with Crippen molar-refractivity contribution in [2.24, 2.45) is 0 Å². The molecule has 2 aromatic rings. The first kappa shape index (κ1) is 14.2. The van der Waals surface area contributed by atoms with Crippen molar-refractivity contribution in [1.29, 1.82) is 0 Å². The highest BCUT2D eigenvalue weighted by Gasteiger charge is 2.19. The lowest BCUT2D eigenvalue weighted by Crippen LogP contribution is -2.13. The quantitative estimate of drug-likeness (QED) is 0.897. The third-order valence-corrected chi connectivity index (χ3v) is 5.22. The standard InChI is InChI=1S/C16H19N3OS/c1-11-13(10-17-19-11)16(20)18-14-8-4-5-9-15(14)21-12-6-2-3-7-12/h4-5,8-10,12H,2-3,6-7H2,1H3,(H,17,19)(H,18,20). The molecule has 1 aromatic carbocycles. The van der Waals surface area contributed by atoms with E-state index in [2.05, 4.69) is 21.6 Å². The van der Waals surface area contributed by atoms with Crippen LogP contribution in [0.5, 0.6) is 0 Å². The highest BCUT2D eigenvalue weighted by molar-refractivity contribution is 8.00. The minimum atomic E-state index is -0.110. The summed E-state index contributed by atoms with van der Waals surface area (Å²) < 4.78 is 0. The minimum Gasteiger partial charge on any atom is -0.321 e. The van der Waals surface area contributed by atoms with Crippen LogP contribution >= 0.6 is 11.8 Å². The van der Waals surface area contributed by atoms with Gasteiger partial charge in [-0.3, -0.25) is 9.89 Å². The number of amides is 1. The molecule has 1 saturated carbocycles. The third kappa shape index (κ3) is 3.29. The lowest BCUT2D eigenvalue weighted by Gasteiger charge is -2.13. The van der Waals surface area contributed by atoms with Gasteiger partial charge >= 0.3 is 0 Å². The molecule has 0 aliphatic heterocycles. The van der Waals surface area contributed by atoms with E-state index in [-0.39, 0.29) is 5.91 Å². The number of hydrogen-bond acceptors (Lipinski definition) is 3. The van der Waals surface area contributed by atoms with E-state index in [1.165, 1.54) is 25.7 Å². The first-order valence-electron chi connectivity index (χ1n) is 7.31. The summed E-state index contributed by atoms with van der Waals surface area (Å²) in [5.74, 6) is -0.110. The van der Waals surface area contributed by atoms with Crippen molar-refractivity contribution in [3.05, 3.63) is 41.7 Å². The molecule has 3 rings (SSSR count). The van der Waals surface area contributed by atoms with Gasteiger partial charge < -0.3 is 5.32 Å². The molecule has 0 unspecified atom stereocenters. The Morgan fingerprint density at radius 1 is 1.33 bits per heavy atom. The van der Waals surface area contributed by atoms with Crippen LogP contribution in [0.3, 0.4) is 0 Å². The van der Waals surface area contributed by atoms with E-state index in [0.29, 0.717) is 10.8 Å². The Hall–Kier alpha value is -1.75. The van der Waals surface area contributed by atoms with Crippen LogP contribution in [0.4, 0.5) is 5.69 Å². The predicted molar refractivity (Wildman–Crippen MR) is 85.8 cm³/mol. The SMILES string of the molecule is Cc1[nH]ncc1C(=O)Nc1ccccc1SC1CCCC1. The van der Waals surface area contributed by atoms with Gasteiger partial charge in [0.2, 0.25) is 0 Å². The lowest BCUT2D eigenvalue weighted by atomic mass is 10.2. The lowest BCUT2D eigenvalue weighted by molar-refractivity contribution is 0.102. The van der Waals surface area contributed by atoms with E-state index in [9.17, 15) is 4.79 Å². The van der Waals surface area contributed by atoms with Gasteiger partial charge in [0.25, 0.3) is 5.91 Å². The molecule has 5 heteroatoms. The molecule has 1 fully saturated rings. The summed E-state index contributed by atoms with van der Waals surface area (Å²) >= 11 is 1.88. The van der Waals surface area contributed by atoms with Crippen LogP contribution in [0.2, 0.25) is 0 Å². The molecule has 0 saturated heterocycles.